The third-order valence-electron chi connectivity index (χ3n) is 3.32. The normalized spacial score (nSPS) is 15.3. The highest BCUT2D eigenvalue weighted by atomic mass is 32.1. The van der Waals surface area contributed by atoms with Gasteiger partial charge in [0.05, 0.1) is 13.2 Å². The van der Waals surface area contributed by atoms with Gasteiger partial charge in [0.1, 0.15) is 10.7 Å². The second-order valence-corrected chi connectivity index (χ2v) is 5.90. The van der Waals surface area contributed by atoms with Crippen LogP contribution in [0.4, 0.5) is 0 Å². The zero-order chi connectivity index (χ0) is 13.9. The van der Waals surface area contributed by atoms with Crippen molar-refractivity contribution in [2.45, 2.75) is 6.92 Å². The Morgan fingerprint density at radius 3 is 2.65 bits per heavy atom. The number of hydrogen-bond donors (Lipinski definition) is 0. The van der Waals surface area contributed by atoms with Crippen LogP contribution in [0.5, 0.6) is 0 Å². The zero-order valence-corrected chi connectivity index (χ0v) is 12.2. The molecule has 3 rings (SSSR count). The summed E-state index contributed by atoms with van der Waals surface area (Å²) in [5.74, 6) is 0.0178. The van der Waals surface area contributed by atoms with Gasteiger partial charge in [-0.15, -0.1) is 11.3 Å². The standard InChI is InChI=1S/C15H16N2O2S/c1-11-13(15(18)17-7-9-19-10-8-17)16-14(20-11)12-5-3-2-4-6-12/h2-6H,7-10H2,1H3. The lowest BCUT2D eigenvalue weighted by molar-refractivity contribution is 0.0299. The summed E-state index contributed by atoms with van der Waals surface area (Å²) in [5, 5.41) is 0.903. The summed E-state index contributed by atoms with van der Waals surface area (Å²) in [7, 11) is 0. The number of aryl methyl sites for hydroxylation is 1. The molecule has 1 fully saturated rings. The Kier molecular flexibility index (Phi) is 3.80. The first-order valence-electron chi connectivity index (χ1n) is 6.65. The molecular weight excluding hydrogens is 272 g/mol. The van der Waals surface area contributed by atoms with Crippen LogP contribution >= 0.6 is 11.3 Å². The van der Waals surface area contributed by atoms with Crippen LogP contribution in [-0.2, 0) is 4.74 Å². The number of ether oxygens (including phenoxy) is 1. The number of morpholine rings is 1. The molecule has 0 atom stereocenters. The van der Waals surface area contributed by atoms with E-state index in [0.29, 0.717) is 32.0 Å². The van der Waals surface area contributed by atoms with Gasteiger partial charge in [0, 0.05) is 23.5 Å². The first-order chi connectivity index (χ1) is 9.75. The zero-order valence-electron chi connectivity index (χ0n) is 11.3. The quantitative estimate of drug-likeness (QED) is 0.853. The van der Waals surface area contributed by atoms with Crippen molar-refractivity contribution in [2.24, 2.45) is 0 Å². The van der Waals surface area contributed by atoms with Crippen LogP contribution < -0.4 is 0 Å². The van der Waals surface area contributed by atoms with Gasteiger partial charge in [0.15, 0.2) is 0 Å². The van der Waals surface area contributed by atoms with Gasteiger partial charge in [-0.25, -0.2) is 4.98 Å². The van der Waals surface area contributed by atoms with E-state index in [1.54, 1.807) is 11.3 Å². The molecule has 1 aromatic heterocycles. The van der Waals surface area contributed by atoms with E-state index in [9.17, 15) is 4.79 Å². The van der Waals surface area contributed by atoms with Crippen molar-refractivity contribution in [1.29, 1.82) is 0 Å². The van der Waals surface area contributed by atoms with Gasteiger partial charge in [-0.3, -0.25) is 4.79 Å². The van der Waals surface area contributed by atoms with Crippen LogP contribution in [0.25, 0.3) is 10.6 Å². The molecule has 0 aliphatic carbocycles. The summed E-state index contributed by atoms with van der Waals surface area (Å²) in [4.78, 5) is 19.8. The lowest BCUT2D eigenvalue weighted by atomic mass is 10.2. The average Bonchev–Trinajstić information content (AvgIpc) is 2.90. The fourth-order valence-electron chi connectivity index (χ4n) is 2.22. The van der Waals surface area contributed by atoms with Crippen LogP contribution in [-0.4, -0.2) is 42.1 Å². The van der Waals surface area contributed by atoms with Gasteiger partial charge in [-0.1, -0.05) is 30.3 Å². The van der Waals surface area contributed by atoms with Gasteiger partial charge in [-0.05, 0) is 6.92 Å². The van der Waals surface area contributed by atoms with Crippen LogP contribution in [0, 0.1) is 6.92 Å². The first-order valence-corrected chi connectivity index (χ1v) is 7.47. The van der Waals surface area contributed by atoms with Gasteiger partial charge in [0.25, 0.3) is 5.91 Å². The molecule has 0 saturated carbocycles. The fraction of sp³-hybridized carbons (Fsp3) is 0.333. The van der Waals surface area contributed by atoms with E-state index in [-0.39, 0.29) is 5.91 Å². The summed E-state index contributed by atoms with van der Waals surface area (Å²) >= 11 is 1.57. The first kappa shape index (κ1) is 13.3. The highest BCUT2D eigenvalue weighted by Crippen LogP contribution is 2.28. The van der Waals surface area contributed by atoms with Crippen LogP contribution in [0.15, 0.2) is 30.3 Å². The van der Waals surface area contributed by atoms with Crippen LogP contribution in [0.3, 0.4) is 0 Å². The number of hydrogen-bond acceptors (Lipinski definition) is 4. The molecule has 0 radical (unpaired) electrons. The summed E-state index contributed by atoms with van der Waals surface area (Å²) in [6.07, 6.45) is 0. The largest absolute Gasteiger partial charge is 0.378 e. The molecule has 1 amide bonds. The Hall–Kier alpha value is -1.72. The maximum Gasteiger partial charge on any atom is 0.273 e. The molecule has 1 saturated heterocycles. The third kappa shape index (κ3) is 2.59. The molecule has 5 heteroatoms. The van der Waals surface area contributed by atoms with Crippen molar-refractivity contribution in [3.8, 4) is 10.6 Å². The lowest BCUT2D eigenvalue weighted by Crippen LogP contribution is -2.41. The SMILES string of the molecule is Cc1sc(-c2ccccc2)nc1C(=O)N1CCOCC1. The van der Waals surface area contributed by atoms with E-state index in [1.165, 1.54) is 0 Å². The molecule has 20 heavy (non-hydrogen) atoms. The van der Waals surface area contributed by atoms with E-state index in [4.69, 9.17) is 4.74 Å². The average molecular weight is 288 g/mol. The van der Waals surface area contributed by atoms with Crippen molar-refractivity contribution in [2.75, 3.05) is 26.3 Å². The predicted octanol–water partition coefficient (Wildman–Crippen LogP) is 2.59. The van der Waals surface area contributed by atoms with Crippen molar-refractivity contribution < 1.29 is 9.53 Å². The molecule has 1 aliphatic heterocycles. The van der Waals surface area contributed by atoms with Crippen LogP contribution in [0.2, 0.25) is 0 Å². The Balaban J connectivity index is 1.87. The molecule has 0 spiro atoms. The topological polar surface area (TPSA) is 42.4 Å². The van der Waals surface area contributed by atoms with E-state index < -0.39 is 0 Å². The Labute approximate surface area is 122 Å². The Morgan fingerprint density at radius 1 is 1.25 bits per heavy atom. The minimum Gasteiger partial charge on any atom is -0.378 e. The number of thiazole rings is 1. The minimum absolute atomic E-state index is 0.0178. The number of aromatic nitrogens is 1. The fourth-order valence-corrected chi connectivity index (χ4v) is 3.13. The molecule has 0 N–H and O–H groups in total. The van der Waals surface area contributed by atoms with Gasteiger partial charge >= 0.3 is 0 Å². The molecule has 1 aliphatic rings. The molecule has 2 heterocycles. The second-order valence-electron chi connectivity index (χ2n) is 4.69. The van der Waals surface area contributed by atoms with Crippen molar-refractivity contribution in [1.82, 2.24) is 9.88 Å². The Morgan fingerprint density at radius 2 is 1.95 bits per heavy atom. The third-order valence-corrected chi connectivity index (χ3v) is 4.34. The predicted molar refractivity (Wildman–Crippen MR) is 79.0 cm³/mol. The maximum atomic E-state index is 12.5. The molecule has 0 bridgehead atoms. The van der Waals surface area contributed by atoms with Crippen molar-refractivity contribution in [3.05, 3.63) is 40.9 Å². The number of carbonyl (C=O) groups excluding carboxylic acids is 1. The van der Waals surface area contributed by atoms with Crippen molar-refractivity contribution >= 4 is 17.2 Å². The van der Waals surface area contributed by atoms with E-state index in [2.05, 4.69) is 4.98 Å². The van der Waals surface area contributed by atoms with Gasteiger partial charge in [-0.2, -0.15) is 0 Å². The summed E-state index contributed by atoms with van der Waals surface area (Å²) in [6.45, 7) is 4.48. The summed E-state index contributed by atoms with van der Waals surface area (Å²) < 4.78 is 5.28. The maximum absolute atomic E-state index is 12.5. The molecular formula is C15H16N2O2S. The molecule has 2 aromatic rings. The number of amides is 1. The number of benzene rings is 1. The molecule has 0 unspecified atom stereocenters. The van der Waals surface area contributed by atoms with E-state index in [0.717, 1.165) is 15.4 Å². The van der Waals surface area contributed by atoms with E-state index >= 15 is 0 Å². The number of carbonyl (C=O) groups is 1. The smallest absolute Gasteiger partial charge is 0.273 e. The van der Waals surface area contributed by atoms with Gasteiger partial charge in [0.2, 0.25) is 0 Å². The second kappa shape index (κ2) is 5.73. The minimum atomic E-state index is 0.0178. The molecule has 104 valence electrons. The highest BCUT2D eigenvalue weighted by Gasteiger charge is 2.23. The van der Waals surface area contributed by atoms with Crippen molar-refractivity contribution in [3.63, 3.8) is 0 Å². The summed E-state index contributed by atoms with van der Waals surface area (Å²) in [6, 6.07) is 9.97. The monoisotopic (exact) mass is 288 g/mol. The summed E-state index contributed by atoms with van der Waals surface area (Å²) in [5.41, 5.74) is 1.64. The number of nitrogens with zero attached hydrogens (tertiary/aromatic N) is 2. The van der Waals surface area contributed by atoms with E-state index in [1.807, 2.05) is 42.2 Å². The molecule has 4 nitrogen and oxygen atoms in total. The highest BCUT2D eigenvalue weighted by molar-refractivity contribution is 7.15. The van der Waals surface area contributed by atoms with Gasteiger partial charge < -0.3 is 9.64 Å². The van der Waals surface area contributed by atoms with Crippen LogP contribution in [0.1, 0.15) is 15.4 Å². The molecule has 1 aromatic carbocycles. The Bertz CT molecular complexity index is 604. The lowest BCUT2D eigenvalue weighted by Gasteiger charge is -2.26. The number of rotatable bonds is 2.